The molecule has 6 heteroatoms. The van der Waals surface area contributed by atoms with Gasteiger partial charge in [-0.1, -0.05) is 6.42 Å². The molecule has 0 aliphatic heterocycles. The summed E-state index contributed by atoms with van der Waals surface area (Å²) in [6.45, 7) is 0.634. The molecule has 0 radical (unpaired) electrons. The van der Waals surface area contributed by atoms with Crippen LogP contribution in [0.5, 0.6) is 5.88 Å². The summed E-state index contributed by atoms with van der Waals surface area (Å²) in [4.78, 5) is 13.0. The molecule has 0 atom stereocenters. The zero-order valence-corrected chi connectivity index (χ0v) is 17.0. The van der Waals surface area contributed by atoms with Crippen LogP contribution in [0.25, 0.3) is 0 Å². The normalized spacial score (nSPS) is 14.6. The third kappa shape index (κ3) is 6.53. The number of rotatable bonds is 4. The average Bonchev–Trinajstić information content (AvgIpc) is 2.48. The Morgan fingerprint density at radius 2 is 1.83 bits per heavy atom. The lowest BCUT2D eigenvalue weighted by Gasteiger charge is -2.23. The highest BCUT2D eigenvalue weighted by Gasteiger charge is 2.15. The third-order valence-corrected chi connectivity index (χ3v) is 3.84. The van der Waals surface area contributed by atoms with Crippen LogP contribution in [0.15, 0.2) is 23.3 Å². The quantitative estimate of drug-likeness (QED) is 0.416. The number of halogens is 1. The molecule has 1 fully saturated rings. The maximum atomic E-state index is 6.02. The topological polar surface area (TPSA) is 41.0 Å². The van der Waals surface area contributed by atoms with Crippen molar-refractivity contribution in [2.45, 2.75) is 44.8 Å². The summed E-state index contributed by atoms with van der Waals surface area (Å²) in [6, 6.07) is 4.02. The number of hydrogen-bond donors (Lipinski definition) is 0. The van der Waals surface area contributed by atoms with Gasteiger partial charge in [0.1, 0.15) is 6.10 Å². The van der Waals surface area contributed by atoms with Gasteiger partial charge in [0, 0.05) is 40.5 Å². The van der Waals surface area contributed by atoms with Crippen molar-refractivity contribution in [3.05, 3.63) is 23.9 Å². The van der Waals surface area contributed by atoms with Crippen LogP contribution in [0, 0.1) is 0 Å². The van der Waals surface area contributed by atoms with Crippen LogP contribution in [-0.4, -0.2) is 55.0 Å². The zero-order valence-electron chi connectivity index (χ0n) is 14.7. The molecule has 5 nitrogen and oxygen atoms in total. The highest BCUT2D eigenvalue weighted by Crippen LogP contribution is 2.22. The highest BCUT2D eigenvalue weighted by atomic mass is 127. The first-order valence-corrected chi connectivity index (χ1v) is 8.07. The van der Waals surface area contributed by atoms with Crippen molar-refractivity contribution in [3.63, 3.8) is 0 Å². The lowest BCUT2D eigenvalue weighted by atomic mass is 9.98. The van der Waals surface area contributed by atoms with Crippen LogP contribution in [0.2, 0.25) is 0 Å². The Labute approximate surface area is 157 Å². The van der Waals surface area contributed by atoms with E-state index in [0.29, 0.717) is 12.6 Å². The molecule has 1 saturated carbocycles. The lowest BCUT2D eigenvalue weighted by Crippen LogP contribution is -2.35. The summed E-state index contributed by atoms with van der Waals surface area (Å²) in [5, 5.41) is 0. The van der Waals surface area contributed by atoms with Crippen molar-refractivity contribution in [1.29, 1.82) is 0 Å². The molecule has 1 aromatic rings. The maximum Gasteiger partial charge on any atom is 0.213 e. The van der Waals surface area contributed by atoms with Gasteiger partial charge in [-0.3, -0.25) is 0 Å². The lowest BCUT2D eigenvalue weighted by molar-refractivity contribution is 0.148. The Morgan fingerprint density at radius 3 is 2.43 bits per heavy atom. The summed E-state index contributed by atoms with van der Waals surface area (Å²) < 4.78 is 6.02. The van der Waals surface area contributed by atoms with E-state index in [9.17, 15) is 0 Å². The summed E-state index contributed by atoms with van der Waals surface area (Å²) in [5.41, 5.74) is 1.13. The van der Waals surface area contributed by atoms with Crippen molar-refractivity contribution in [3.8, 4) is 5.88 Å². The molecule has 1 aliphatic rings. The zero-order chi connectivity index (χ0) is 15.9. The molecule has 0 amide bonds. The minimum absolute atomic E-state index is 0. The molecule has 0 spiro atoms. The van der Waals surface area contributed by atoms with E-state index in [2.05, 4.69) is 9.98 Å². The smallest absolute Gasteiger partial charge is 0.213 e. The number of aliphatic imine (C=N–C) groups is 1. The predicted molar refractivity (Wildman–Crippen MR) is 106 cm³/mol. The Balaban J connectivity index is 0.00000264. The van der Waals surface area contributed by atoms with Gasteiger partial charge in [0.2, 0.25) is 5.88 Å². The Hall–Kier alpha value is -1.05. The molecule has 2 rings (SSSR count). The van der Waals surface area contributed by atoms with Gasteiger partial charge in [0.25, 0.3) is 0 Å². The van der Waals surface area contributed by atoms with E-state index in [1.807, 2.05) is 56.3 Å². The van der Waals surface area contributed by atoms with Gasteiger partial charge in [0.15, 0.2) is 5.96 Å². The molecule has 0 saturated heterocycles. The number of pyridine rings is 1. The van der Waals surface area contributed by atoms with E-state index in [0.717, 1.165) is 30.2 Å². The van der Waals surface area contributed by atoms with Crippen LogP contribution >= 0.6 is 24.0 Å². The van der Waals surface area contributed by atoms with Gasteiger partial charge in [-0.2, -0.15) is 0 Å². The number of ether oxygens (including phenoxy) is 1. The second-order valence-corrected chi connectivity index (χ2v) is 6.29. The van der Waals surface area contributed by atoms with Crippen LogP contribution in [0.1, 0.15) is 37.7 Å². The van der Waals surface area contributed by atoms with E-state index in [1.165, 1.54) is 19.3 Å². The summed E-state index contributed by atoms with van der Waals surface area (Å²) in [7, 11) is 8.01. The van der Waals surface area contributed by atoms with Crippen molar-refractivity contribution in [1.82, 2.24) is 14.8 Å². The largest absolute Gasteiger partial charge is 0.474 e. The van der Waals surface area contributed by atoms with Crippen molar-refractivity contribution < 1.29 is 4.74 Å². The molecule has 23 heavy (non-hydrogen) atoms. The van der Waals surface area contributed by atoms with Gasteiger partial charge in [0.05, 0.1) is 6.54 Å². The van der Waals surface area contributed by atoms with E-state index in [-0.39, 0.29) is 24.0 Å². The van der Waals surface area contributed by atoms with Crippen LogP contribution < -0.4 is 4.74 Å². The SMILES string of the molecule is CN(C)C(=NCc1ccnc(OC2CCCCC2)c1)N(C)C.I. The van der Waals surface area contributed by atoms with E-state index in [1.54, 1.807) is 0 Å². The second-order valence-electron chi connectivity index (χ2n) is 6.29. The Kier molecular flexibility index (Phi) is 8.65. The van der Waals surface area contributed by atoms with Gasteiger partial charge >= 0.3 is 0 Å². The van der Waals surface area contributed by atoms with Gasteiger partial charge in [-0.15, -0.1) is 24.0 Å². The molecule has 1 aliphatic carbocycles. The molecule has 0 unspecified atom stereocenters. The minimum Gasteiger partial charge on any atom is -0.474 e. The monoisotopic (exact) mass is 432 g/mol. The van der Waals surface area contributed by atoms with Crippen molar-refractivity contribution in [2.24, 2.45) is 4.99 Å². The van der Waals surface area contributed by atoms with Gasteiger partial charge < -0.3 is 14.5 Å². The van der Waals surface area contributed by atoms with E-state index >= 15 is 0 Å². The van der Waals surface area contributed by atoms with Crippen LogP contribution in [0.4, 0.5) is 0 Å². The summed E-state index contributed by atoms with van der Waals surface area (Å²) >= 11 is 0. The molecule has 0 aromatic carbocycles. The molecule has 130 valence electrons. The second kappa shape index (κ2) is 9.95. The van der Waals surface area contributed by atoms with Crippen molar-refractivity contribution >= 4 is 29.9 Å². The minimum atomic E-state index is 0. The molecular weight excluding hydrogens is 403 g/mol. The fourth-order valence-electron chi connectivity index (χ4n) is 2.81. The molecule has 1 aromatic heterocycles. The maximum absolute atomic E-state index is 6.02. The average molecular weight is 432 g/mol. The molecule has 0 N–H and O–H groups in total. The first-order valence-electron chi connectivity index (χ1n) is 8.07. The molecule has 1 heterocycles. The van der Waals surface area contributed by atoms with Gasteiger partial charge in [-0.25, -0.2) is 9.98 Å². The number of nitrogens with zero attached hydrogens (tertiary/aromatic N) is 4. The predicted octanol–water partition coefficient (Wildman–Crippen LogP) is 3.39. The number of aromatic nitrogens is 1. The number of hydrogen-bond acceptors (Lipinski definition) is 3. The fraction of sp³-hybridized carbons (Fsp3) is 0.647. The van der Waals surface area contributed by atoms with Crippen LogP contribution in [0.3, 0.4) is 0 Å². The van der Waals surface area contributed by atoms with Gasteiger partial charge in [-0.05, 0) is 37.3 Å². The van der Waals surface area contributed by atoms with E-state index < -0.39 is 0 Å². The Morgan fingerprint density at radius 1 is 1.17 bits per heavy atom. The fourth-order valence-corrected chi connectivity index (χ4v) is 2.81. The molecular formula is C17H29IN4O. The third-order valence-electron chi connectivity index (χ3n) is 3.84. The Bertz CT molecular complexity index is 489. The standard InChI is InChI=1S/C17H28N4O.HI/c1-20(2)17(21(3)4)19-13-14-10-11-18-16(12-14)22-15-8-6-5-7-9-15;/h10-12,15H,5-9,13H2,1-4H3;1H. The first kappa shape index (κ1) is 20.0. The van der Waals surface area contributed by atoms with Crippen LogP contribution in [-0.2, 0) is 6.54 Å². The van der Waals surface area contributed by atoms with Crippen molar-refractivity contribution in [2.75, 3.05) is 28.2 Å². The summed E-state index contributed by atoms with van der Waals surface area (Å²) in [5.74, 6) is 1.68. The first-order chi connectivity index (χ1) is 10.6. The molecule has 0 bridgehead atoms. The number of guanidine groups is 1. The summed E-state index contributed by atoms with van der Waals surface area (Å²) in [6.07, 6.45) is 8.31. The highest BCUT2D eigenvalue weighted by molar-refractivity contribution is 14.0. The van der Waals surface area contributed by atoms with E-state index in [4.69, 9.17) is 4.74 Å².